The van der Waals surface area contributed by atoms with E-state index in [9.17, 15) is 9.18 Å². The van der Waals surface area contributed by atoms with Gasteiger partial charge in [-0.05, 0) is 30.3 Å². The van der Waals surface area contributed by atoms with Crippen LogP contribution in [0.4, 0.5) is 15.8 Å². The van der Waals surface area contributed by atoms with Crippen molar-refractivity contribution < 1.29 is 9.18 Å². The Morgan fingerprint density at radius 2 is 1.86 bits per heavy atom. The molecule has 0 fully saturated rings. The fourth-order valence-corrected chi connectivity index (χ4v) is 2.43. The number of amides is 1. The highest BCUT2D eigenvalue weighted by Gasteiger charge is 2.10. The summed E-state index contributed by atoms with van der Waals surface area (Å²) < 4.78 is 14.2. The van der Waals surface area contributed by atoms with Crippen LogP contribution in [0.25, 0.3) is 0 Å². The molecule has 0 spiro atoms. The number of rotatable bonds is 4. The lowest BCUT2D eigenvalue weighted by Crippen LogP contribution is -2.22. The molecule has 0 bridgehead atoms. The van der Waals surface area contributed by atoms with Crippen molar-refractivity contribution in [3.8, 4) is 0 Å². The molecule has 21 heavy (non-hydrogen) atoms. The van der Waals surface area contributed by atoms with Gasteiger partial charge in [0.15, 0.2) is 0 Å². The minimum absolute atomic E-state index is 0.111. The summed E-state index contributed by atoms with van der Waals surface area (Å²) >= 11 is 15.1. The van der Waals surface area contributed by atoms with E-state index in [1.165, 1.54) is 12.1 Å². The molecule has 0 saturated heterocycles. The standard InChI is InChI=1S/C14H10BrCl2FN2O/c15-8-4-5-12(11(18)6-8)19-7-13(21)20-14-9(16)2-1-3-10(14)17/h1-6,19H,7H2,(H,20,21). The molecule has 0 unspecified atom stereocenters. The Morgan fingerprint density at radius 3 is 2.48 bits per heavy atom. The molecule has 0 aliphatic carbocycles. The highest BCUT2D eigenvalue weighted by atomic mass is 79.9. The maximum Gasteiger partial charge on any atom is 0.243 e. The quantitative estimate of drug-likeness (QED) is 0.774. The lowest BCUT2D eigenvalue weighted by molar-refractivity contribution is -0.114. The molecular formula is C14H10BrCl2FN2O. The molecule has 2 rings (SSSR count). The number of hydrogen-bond acceptors (Lipinski definition) is 2. The molecule has 3 nitrogen and oxygen atoms in total. The van der Waals surface area contributed by atoms with Crippen LogP contribution in [-0.2, 0) is 4.79 Å². The van der Waals surface area contributed by atoms with Crippen molar-refractivity contribution in [2.75, 3.05) is 17.2 Å². The molecule has 110 valence electrons. The van der Waals surface area contributed by atoms with Crippen LogP contribution in [0.15, 0.2) is 40.9 Å². The second-order valence-electron chi connectivity index (χ2n) is 4.12. The zero-order chi connectivity index (χ0) is 15.4. The summed E-state index contributed by atoms with van der Waals surface area (Å²) in [7, 11) is 0. The molecule has 0 atom stereocenters. The van der Waals surface area contributed by atoms with Gasteiger partial charge < -0.3 is 10.6 Å². The SMILES string of the molecule is O=C(CNc1ccc(Br)cc1F)Nc1c(Cl)cccc1Cl. The molecule has 0 aliphatic heterocycles. The van der Waals surface area contributed by atoms with Crippen molar-refractivity contribution in [1.82, 2.24) is 0 Å². The lowest BCUT2D eigenvalue weighted by Gasteiger charge is -2.11. The monoisotopic (exact) mass is 390 g/mol. The van der Waals surface area contributed by atoms with Gasteiger partial charge >= 0.3 is 0 Å². The van der Waals surface area contributed by atoms with E-state index < -0.39 is 5.82 Å². The summed E-state index contributed by atoms with van der Waals surface area (Å²) in [4.78, 5) is 11.8. The number of hydrogen-bond donors (Lipinski definition) is 2. The van der Waals surface area contributed by atoms with Gasteiger partial charge in [-0.1, -0.05) is 45.2 Å². The van der Waals surface area contributed by atoms with Crippen LogP contribution >= 0.6 is 39.1 Å². The first kappa shape index (κ1) is 16.1. The highest BCUT2D eigenvalue weighted by Crippen LogP contribution is 2.29. The van der Waals surface area contributed by atoms with Crippen molar-refractivity contribution in [2.45, 2.75) is 0 Å². The van der Waals surface area contributed by atoms with Crippen LogP contribution in [0.3, 0.4) is 0 Å². The molecule has 7 heteroatoms. The van der Waals surface area contributed by atoms with Crippen LogP contribution in [0.1, 0.15) is 0 Å². The summed E-state index contributed by atoms with van der Waals surface area (Å²) in [5.74, 6) is -0.833. The van der Waals surface area contributed by atoms with E-state index in [0.717, 1.165) is 0 Å². The molecule has 2 N–H and O–H groups in total. The summed E-state index contributed by atoms with van der Waals surface area (Å²) in [5, 5.41) is 5.96. The van der Waals surface area contributed by atoms with Crippen molar-refractivity contribution in [2.24, 2.45) is 0 Å². The summed E-state index contributed by atoms with van der Waals surface area (Å²) in [6, 6.07) is 9.43. The first-order valence-electron chi connectivity index (χ1n) is 5.90. The first-order valence-corrected chi connectivity index (χ1v) is 7.45. The second-order valence-corrected chi connectivity index (χ2v) is 5.85. The zero-order valence-electron chi connectivity index (χ0n) is 10.6. The van der Waals surface area contributed by atoms with Gasteiger partial charge in [0.1, 0.15) is 5.82 Å². The first-order chi connectivity index (χ1) is 9.97. The molecule has 0 saturated carbocycles. The maximum atomic E-state index is 13.6. The van der Waals surface area contributed by atoms with E-state index in [-0.39, 0.29) is 18.1 Å². The molecule has 2 aromatic rings. The number of nitrogens with one attached hydrogen (secondary N) is 2. The van der Waals surface area contributed by atoms with E-state index in [0.29, 0.717) is 20.2 Å². The third-order valence-corrected chi connectivity index (χ3v) is 3.72. The van der Waals surface area contributed by atoms with Gasteiger partial charge in [-0.25, -0.2) is 4.39 Å². The van der Waals surface area contributed by atoms with E-state index >= 15 is 0 Å². The Labute approximate surface area is 139 Å². The highest BCUT2D eigenvalue weighted by molar-refractivity contribution is 9.10. The van der Waals surface area contributed by atoms with Crippen molar-refractivity contribution in [1.29, 1.82) is 0 Å². The molecule has 0 heterocycles. The third-order valence-electron chi connectivity index (χ3n) is 2.60. The Balaban J connectivity index is 1.99. The van der Waals surface area contributed by atoms with Crippen LogP contribution < -0.4 is 10.6 Å². The van der Waals surface area contributed by atoms with Gasteiger partial charge in [-0.15, -0.1) is 0 Å². The number of benzene rings is 2. The third kappa shape index (κ3) is 4.33. The Bertz CT molecular complexity index is 662. The Hall–Kier alpha value is -1.30. The van der Waals surface area contributed by atoms with Crippen molar-refractivity contribution in [3.63, 3.8) is 0 Å². The lowest BCUT2D eigenvalue weighted by atomic mass is 10.3. The number of anilines is 2. The number of carbonyl (C=O) groups is 1. The predicted molar refractivity (Wildman–Crippen MR) is 87.7 cm³/mol. The molecule has 1 amide bonds. The van der Waals surface area contributed by atoms with Gasteiger partial charge in [0, 0.05) is 4.47 Å². The van der Waals surface area contributed by atoms with E-state index in [1.807, 2.05) is 0 Å². The second kappa shape index (κ2) is 7.11. The number of halogens is 4. The van der Waals surface area contributed by atoms with Gasteiger partial charge in [0.2, 0.25) is 5.91 Å². The van der Waals surface area contributed by atoms with Gasteiger partial charge in [-0.3, -0.25) is 4.79 Å². The minimum atomic E-state index is -0.451. The summed E-state index contributed by atoms with van der Waals surface area (Å²) in [6.45, 7) is -0.111. The van der Waals surface area contributed by atoms with Crippen LogP contribution in [0.5, 0.6) is 0 Å². The average molecular weight is 392 g/mol. The smallest absolute Gasteiger partial charge is 0.243 e. The van der Waals surface area contributed by atoms with Crippen LogP contribution in [0, 0.1) is 5.82 Å². The topological polar surface area (TPSA) is 41.1 Å². The Kier molecular flexibility index (Phi) is 5.45. The van der Waals surface area contributed by atoms with E-state index in [2.05, 4.69) is 26.6 Å². The molecule has 0 aliphatic rings. The van der Waals surface area contributed by atoms with Gasteiger partial charge in [0.05, 0.1) is 28.0 Å². The van der Waals surface area contributed by atoms with E-state index in [4.69, 9.17) is 23.2 Å². The maximum absolute atomic E-state index is 13.6. The van der Waals surface area contributed by atoms with Crippen LogP contribution in [0.2, 0.25) is 10.0 Å². The van der Waals surface area contributed by atoms with Crippen LogP contribution in [-0.4, -0.2) is 12.5 Å². The fraction of sp³-hybridized carbons (Fsp3) is 0.0714. The molecule has 0 aromatic heterocycles. The predicted octanol–water partition coefficient (Wildman–Crippen LogP) is 4.95. The molecule has 2 aromatic carbocycles. The normalized spacial score (nSPS) is 10.3. The molecule has 0 radical (unpaired) electrons. The van der Waals surface area contributed by atoms with Gasteiger partial charge in [-0.2, -0.15) is 0 Å². The van der Waals surface area contributed by atoms with E-state index in [1.54, 1.807) is 24.3 Å². The number of para-hydroxylation sites is 1. The average Bonchev–Trinajstić information content (AvgIpc) is 2.42. The Morgan fingerprint density at radius 1 is 1.19 bits per heavy atom. The summed E-state index contributed by atoms with van der Waals surface area (Å²) in [6.07, 6.45) is 0. The zero-order valence-corrected chi connectivity index (χ0v) is 13.7. The van der Waals surface area contributed by atoms with Crippen molar-refractivity contribution in [3.05, 3.63) is 56.7 Å². The van der Waals surface area contributed by atoms with Gasteiger partial charge in [0.25, 0.3) is 0 Å². The fourth-order valence-electron chi connectivity index (χ4n) is 1.61. The van der Waals surface area contributed by atoms with Crippen molar-refractivity contribution >= 4 is 56.4 Å². The number of carbonyl (C=O) groups excluding carboxylic acids is 1. The molecular weight excluding hydrogens is 382 g/mol. The summed E-state index contributed by atoms with van der Waals surface area (Å²) in [5.41, 5.74) is 0.572. The minimum Gasteiger partial charge on any atom is -0.374 e. The largest absolute Gasteiger partial charge is 0.374 e.